The van der Waals surface area contributed by atoms with Crippen LogP contribution in [0.1, 0.15) is 22.2 Å². The number of hydrogen-bond acceptors (Lipinski definition) is 5. The van der Waals surface area contributed by atoms with E-state index in [0.717, 1.165) is 17.0 Å². The molecule has 0 radical (unpaired) electrons. The third kappa shape index (κ3) is 3.72. The molecule has 1 unspecified atom stereocenters. The topological polar surface area (TPSA) is 80.0 Å². The number of fused-ring (bicyclic) bond motifs is 1. The number of amides is 1. The Balaban J connectivity index is 1.68. The van der Waals surface area contributed by atoms with Gasteiger partial charge in [-0.2, -0.15) is 0 Å². The van der Waals surface area contributed by atoms with Gasteiger partial charge in [-0.1, -0.05) is 29.8 Å². The van der Waals surface area contributed by atoms with Crippen LogP contribution in [0, 0.1) is 11.6 Å². The summed E-state index contributed by atoms with van der Waals surface area (Å²) in [6, 6.07) is 13.5. The highest BCUT2D eigenvalue weighted by Crippen LogP contribution is 2.43. The van der Waals surface area contributed by atoms with Crippen molar-refractivity contribution in [1.29, 1.82) is 0 Å². The van der Waals surface area contributed by atoms with Crippen LogP contribution in [0.5, 0.6) is 5.75 Å². The Morgan fingerprint density at radius 2 is 1.80 bits per heavy atom. The Morgan fingerprint density at radius 3 is 2.49 bits per heavy atom. The van der Waals surface area contributed by atoms with E-state index < -0.39 is 35.1 Å². The molecule has 0 spiro atoms. The van der Waals surface area contributed by atoms with Crippen LogP contribution < -0.4 is 9.64 Å². The Hall–Kier alpha value is -4.17. The van der Waals surface area contributed by atoms with E-state index >= 15 is 0 Å². The second-order valence-electron chi connectivity index (χ2n) is 7.80. The second-order valence-corrected chi connectivity index (χ2v) is 8.24. The van der Waals surface area contributed by atoms with Gasteiger partial charge in [0.05, 0.1) is 18.7 Å². The fraction of sp³-hybridized carbons (Fsp3) is 0.0769. The maximum Gasteiger partial charge on any atom is 0.294 e. The van der Waals surface area contributed by atoms with Crippen molar-refractivity contribution in [2.75, 3.05) is 12.0 Å². The van der Waals surface area contributed by atoms with Gasteiger partial charge >= 0.3 is 0 Å². The van der Waals surface area contributed by atoms with Gasteiger partial charge in [-0.25, -0.2) is 8.78 Å². The molecule has 35 heavy (non-hydrogen) atoms. The quantitative estimate of drug-likeness (QED) is 0.336. The minimum atomic E-state index is -1.33. The number of anilines is 1. The number of Topliss-reactive ketones (excluding diaryl/α,β-unsaturated/α-hetero) is 1. The summed E-state index contributed by atoms with van der Waals surface area (Å²) in [7, 11) is 1.41. The maximum absolute atomic E-state index is 14.9. The molecule has 2 heterocycles. The van der Waals surface area contributed by atoms with Crippen LogP contribution >= 0.6 is 11.6 Å². The number of benzene rings is 3. The first-order chi connectivity index (χ1) is 16.8. The van der Waals surface area contributed by atoms with Crippen LogP contribution in [-0.4, -0.2) is 23.9 Å². The highest BCUT2D eigenvalue weighted by Gasteiger charge is 2.46. The van der Waals surface area contributed by atoms with Crippen molar-refractivity contribution < 1.29 is 32.6 Å². The molecule has 0 bridgehead atoms. The van der Waals surface area contributed by atoms with Crippen LogP contribution in [0.15, 0.2) is 82.5 Å². The number of hydrogen-bond donors (Lipinski definition) is 1. The number of aliphatic hydroxyl groups excluding tert-OH is 1. The van der Waals surface area contributed by atoms with E-state index in [1.165, 1.54) is 55.6 Å². The number of methoxy groups -OCH3 is 1. The summed E-state index contributed by atoms with van der Waals surface area (Å²) in [4.78, 5) is 27.8. The van der Waals surface area contributed by atoms with Crippen LogP contribution in [0.2, 0.25) is 5.02 Å². The Labute approximate surface area is 202 Å². The van der Waals surface area contributed by atoms with E-state index in [1.54, 1.807) is 6.07 Å². The lowest BCUT2D eigenvalue weighted by Gasteiger charge is -2.27. The minimum Gasteiger partial charge on any atom is -0.503 e. The third-order valence-corrected chi connectivity index (χ3v) is 5.97. The van der Waals surface area contributed by atoms with Crippen LogP contribution in [-0.2, 0) is 4.79 Å². The van der Waals surface area contributed by atoms with Crippen molar-refractivity contribution in [1.82, 2.24) is 0 Å². The number of halogens is 3. The molecular formula is C26H16ClF2NO5. The third-order valence-electron chi connectivity index (χ3n) is 5.75. The van der Waals surface area contributed by atoms with Crippen molar-refractivity contribution in [3.05, 3.63) is 106 Å². The van der Waals surface area contributed by atoms with E-state index in [2.05, 4.69) is 0 Å². The van der Waals surface area contributed by atoms with Crippen molar-refractivity contribution in [2.24, 2.45) is 0 Å². The zero-order chi connectivity index (χ0) is 24.9. The van der Waals surface area contributed by atoms with Crippen molar-refractivity contribution >= 4 is 39.9 Å². The zero-order valence-corrected chi connectivity index (χ0v) is 18.8. The standard InChI is InChI=1S/C26H16ClF2NO5/c1-34-20-12-14(27)10-13-11-19(35-25(13)20)23(31)21-22(17-4-2-3-5-18(17)29)30(26(33)24(21)32)16-8-6-15(28)7-9-16/h2-12,22,32H,1H3. The van der Waals surface area contributed by atoms with Gasteiger partial charge < -0.3 is 14.3 Å². The van der Waals surface area contributed by atoms with Gasteiger partial charge in [0.25, 0.3) is 5.91 Å². The number of nitrogens with zero attached hydrogens (tertiary/aromatic N) is 1. The summed E-state index contributed by atoms with van der Waals surface area (Å²) in [5.74, 6) is -3.81. The van der Waals surface area contributed by atoms with Crippen LogP contribution in [0.25, 0.3) is 11.0 Å². The molecule has 9 heteroatoms. The number of rotatable bonds is 5. The minimum absolute atomic E-state index is 0.0330. The molecule has 0 aliphatic carbocycles. The molecule has 1 aromatic heterocycles. The lowest BCUT2D eigenvalue weighted by molar-refractivity contribution is -0.117. The fourth-order valence-electron chi connectivity index (χ4n) is 4.18. The molecule has 1 aliphatic heterocycles. The molecule has 176 valence electrons. The van der Waals surface area contributed by atoms with E-state index in [-0.39, 0.29) is 33.9 Å². The molecule has 5 rings (SSSR count). The number of ether oxygens (including phenoxy) is 1. The monoisotopic (exact) mass is 495 g/mol. The summed E-state index contributed by atoms with van der Waals surface area (Å²) in [6.45, 7) is 0. The summed E-state index contributed by atoms with van der Waals surface area (Å²) >= 11 is 6.10. The predicted octanol–water partition coefficient (Wildman–Crippen LogP) is 6.16. The Kier molecular flexibility index (Phi) is 5.53. The molecule has 1 N–H and O–H groups in total. The van der Waals surface area contributed by atoms with Gasteiger partial charge in [-0.3, -0.25) is 14.5 Å². The van der Waals surface area contributed by atoms with Gasteiger partial charge in [-0.15, -0.1) is 0 Å². The number of furan rings is 1. The second kappa shape index (κ2) is 8.56. The highest BCUT2D eigenvalue weighted by atomic mass is 35.5. The molecule has 0 fully saturated rings. The smallest absolute Gasteiger partial charge is 0.294 e. The first kappa shape index (κ1) is 22.6. The van der Waals surface area contributed by atoms with Crippen molar-refractivity contribution in [2.45, 2.75) is 6.04 Å². The SMILES string of the molecule is COc1cc(Cl)cc2cc(C(=O)C3=C(O)C(=O)N(c4ccc(F)cc4)C3c3ccccc3F)oc12. The molecular weight excluding hydrogens is 480 g/mol. The number of ketones is 1. The molecule has 1 amide bonds. The maximum atomic E-state index is 14.9. The van der Waals surface area contributed by atoms with Gasteiger partial charge in [-0.05, 0) is 42.5 Å². The Bertz CT molecular complexity index is 1530. The molecule has 1 atom stereocenters. The van der Waals surface area contributed by atoms with E-state index in [0.29, 0.717) is 10.4 Å². The first-order valence-corrected chi connectivity index (χ1v) is 10.8. The number of carbonyl (C=O) groups is 2. The zero-order valence-electron chi connectivity index (χ0n) is 18.1. The van der Waals surface area contributed by atoms with Crippen LogP contribution in [0.4, 0.5) is 14.5 Å². The summed E-state index contributed by atoms with van der Waals surface area (Å²) in [5.41, 5.74) is -0.0117. The molecule has 6 nitrogen and oxygen atoms in total. The molecule has 3 aromatic carbocycles. The van der Waals surface area contributed by atoms with Gasteiger partial charge in [0.2, 0.25) is 5.78 Å². The van der Waals surface area contributed by atoms with Crippen LogP contribution in [0.3, 0.4) is 0 Å². The molecule has 1 aliphatic rings. The summed E-state index contributed by atoms with van der Waals surface area (Å²) < 4.78 is 39.5. The predicted molar refractivity (Wildman–Crippen MR) is 125 cm³/mol. The van der Waals surface area contributed by atoms with Crippen molar-refractivity contribution in [3.63, 3.8) is 0 Å². The summed E-state index contributed by atoms with van der Waals surface area (Å²) in [6.07, 6.45) is 0. The normalized spacial score (nSPS) is 15.8. The van der Waals surface area contributed by atoms with E-state index in [9.17, 15) is 23.5 Å². The lowest BCUT2D eigenvalue weighted by atomic mass is 9.94. The average Bonchev–Trinajstić information content (AvgIpc) is 3.38. The fourth-order valence-corrected chi connectivity index (χ4v) is 4.40. The molecule has 0 saturated carbocycles. The lowest BCUT2D eigenvalue weighted by Crippen LogP contribution is -2.31. The van der Waals surface area contributed by atoms with Crippen molar-refractivity contribution in [3.8, 4) is 5.75 Å². The molecule has 4 aromatic rings. The van der Waals surface area contributed by atoms with Gasteiger partial charge in [0, 0.05) is 27.7 Å². The molecule has 0 saturated heterocycles. The van der Waals surface area contributed by atoms with E-state index in [1.807, 2.05) is 0 Å². The Morgan fingerprint density at radius 1 is 1.09 bits per heavy atom. The van der Waals surface area contributed by atoms with Gasteiger partial charge in [0.15, 0.2) is 22.9 Å². The van der Waals surface area contributed by atoms with Gasteiger partial charge in [0.1, 0.15) is 11.6 Å². The largest absolute Gasteiger partial charge is 0.503 e. The number of carbonyl (C=O) groups excluding carboxylic acids is 2. The highest BCUT2D eigenvalue weighted by molar-refractivity contribution is 6.31. The summed E-state index contributed by atoms with van der Waals surface area (Å²) in [5, 5.41) is 11.6. The first-order valence-electron chi connectivity index (χ1n) is 10.4. The average molecular weight is 496 g/mol. The number of aliphatic hydroxyl groups is 1. The van der Waals surface area contributed by atoms with E-state index in [4.69, 9.17) is 20.8 Å².